The van der Waals surface area contributed by atoms with E-state index in [9.17, 15) is 19.7 Å². The first-order valence-corrected chi connectivity index (χ1v) is 5.28. The number of aryl methyl sites for hydroxylation is 1. The number of anilines is 1. The standard InChI is InChI=1S/C12H12N2O5/c1-7-4-3-5-9(14(18)19)11(7)13-10(15)6-8(2)12(16)17/h3-5H,2,6H2,1H3,(H,13,15)(H,16,17). The highest BCUT2D eigenvalue weighted by Gasteiger charge is 2.18. The third-order valence-corrected chi connectivity index (χ3v) is 2.39. The second kappa shape index (κ2) is 5.76. The third-order valence-electron chi connectivity index (χ3n) is 2.39. The van der Waals surface area contributed by atoms with Crippen molar-refractivity contribution in [3.63, 3.8) is 0 Å². The van der Waals surface area contributed by atoms with Gasteiger partial charge in [0, 0.05) is 11.6 Å². The van der Waals surface area contributed by atoms with Gasteiger partial charge in [-0.25, -0.2) is 4.79 Å². The Morgan fingerprint density at radius 2 is 2.11 bits per heavy atom. The Morgan fingerprint density at radius 3 is 2.63 bits per heavy atom. The summed E-state index contributed by atoms with van der Waals surface area (Å²) < 4.78 is 0. The number of carboxylic acid groups (broad SMARTS) is 1. The molecular formula is C12H12N2O5. The fourth-order valence-corrected chi connectivity index (χ4v) is 1.42. The highest BCUT2D eigenvalue weighted by molar-refractivity contribution is 6.00. The van der Waals surface area contributed by atoms with Crippen LogP contribution in [0.2, 0.25) is 0 Å². The summed E-state index contributed by atoms with van der Waals surface area (Å²) in [6, 6.07) is 4.36. The minimum Gasteiger partial charge on any atom is -0.478 e. The fourth-order valence-electron chi connectivity index (χ4n) is 1.42. The van der Waals surface area contributed by atoms with Crippen LogP contribution in [0.1, 0.15) is 12.0 Å². The molecule has 0 saturated carbocycles. The summed E-state index contributed by atoms with van der Waals surface area (Å²) in [6.45, 7) is 4.83. The Labute approximate surface area is 108 Å². The molecule has 0 aliphatic heterocycles. The summed E-state index contributed by atoms with van der Waals surface area (Å²) in [5.41, 5.74) is 0.0576. The zero-order valence-corrected chi connectivity index (χ0v) is 10.2. The molecule has 0 heterocycles. The van der Waals surface area contributed by atoms with Gasteiger partial charge in [-0.3, -0.25) is 14.9 Å². The molecule has 0 unspecified atom stereocenters. The van der Waals surface area contributed by atoms with Crippen molar-refractivity contribution >= 4 is 23.3 Å². The average Bonchev–Trinajstić information content (AvgIpc) is 2.31. The van der Waals surface area contributed by atoms with Crippen LogP contribution in [-0.2, 0) is 9.59 Å². The molecule has 1 aromatic carbocycles. The van der Waals surface area contributed by atoms with Gasteiger partial charge in [-0.1, -0.05) is 18.7 Å². The first-order valence-electron chi connectivity index (χ1n) is 5.28. The molecule has 0 aromatic heterocycles. The molecule has 0 atom stereocenters. The van der Waals surface area contributed by atoms with Gasteiger partial charge in [0.25, 0.3) is 5.69 Å². The molecule has 0 aliphatic rings. The van der Waals surface area contributed by atoms with E-state index in [1.807, 2.05) is 0 Å². The first kappa shape index (κ1) is 14.4. The molecule has 19 heavy (non-hydrogen) atoms. The Kier molecular flexibility index (Phi) is 4.36. The van der Waals surface area contributed by atoms with E-state index in [-0.39, 0.29) is 16.9 Å². The molecule has 0 bridgehead atoms. The van der Waals surface area contributed by atoms with Crippen LogP contribution in [-0.4, -0.2) is 21.9 Å². The summed E-state index contributed by atoms with van der Waals surface area (Å²) in [6.07, 6.45) is -0.430. The number of hydrogen-bond donors (Lipinski definition) is 2. The Morgan fingerprint density at radius 1 is 1.47 bits per heavy atom. The van der Waals surface area contributed by atoms with Crippen LogP contribution in [0.15, 0.2) is 30.4 Å². The molecule has 0 fully saturated rings. The molecule has 0 saturated heterocycles. The van der Waals surface area contributed by atoms with Crippen molar-refractivity contribution in [2.24, 2.45) is 0 Å². The zero-order chi connectivity index (χ0) is 14.6. The van der Waals surface area contributed by atoms with Crippen molar-refractivity contribution in [3.8, 4) is 0 Å². The lowest BCUT2D eigenvalue weighted by atomic mass is 10.1. The van der Waals surface area contributed by atoms with Gasteiger partial charge in [0.05, 0.1) is 11.3 Å². The lowest BCUT2D eigenvalue weighted by Crippen LogP contribution is -2.16. The molecule has 0 spiro atoms. The highest BCUT2D eigenvalue weighted by atomic mass is 16.6. The van der Waals surface area contributed by atoms with E-state index < -0.39 is 23.2 Å². The fraction of sp³-hybridized carbons (Fsp3) is 0.167. The van der Waals surface area contributed by atoms with Crippen LogP contribution >= 0.6 is 0 Å². The molecule has 1 amide bonds. The van der Waals surface area contributed by atoms with Gasteiger partial charge < -0.3 is 10.4 Å². The number of carboxylic acids is 1. The van der Waals surface area contributed by atoms with Crippen LogP contribution in [0.3, 0.4) is 0 Å². The maximum absolute atomic E-state index is 11.6. The minimum absolute atomic E-state index is 0.0655. The summed E-state index contributed by atoms with van der Waals surface area (Å²) in [7, 11) is 0. The van der Waals surface area contributed by atoms with Crippen molar-refractivity contribution in [3.05, 3.63) is 46.0 Å². The van der Waals surface area contributed by atoms with E-state index in [4.69, 9.17) is 5.11 Å². The van der Waals surface area contributed by atoms with Crippen LogP contribution < -0.4 is 5.32 Å². The van der Waals surface area contributed by atoms with Crippen molar-refractivity contribution in [2.45, 2.75) is 13.3 Å². The van der Waals surface area contributed by atoms with E-state index in [2.05, 4.69) is 11.9 Å². The quantitative estimate of drug-likeness (QED) is 0.479. The number of para-hydroxylation sites is 1. The van der Waals surface area contributed by atoms with Crippen molar-refractivity contribution in [1.29, 1.82) is 0 Å². The van der Waals surface area contributed by atoms with Gasteiger partial charge in [0.1, 0.15) is 5.69 Å². The van der Waals surface area contributed by atoms with E-state index in [0.717, 1.165) is 0 Å². The number of nitrogens with zero attached hydrogens (tertiary/aromatic N) is 1. The smallest absolute Gasteiger partial charge is 0.331 e. The number of rotatable bonds is 5. The summed E-state index contributed by atoms with van der Waals surface area (Å²) in [4.78, 5) is 32.4. The van der Waals surface area contributed by atoms with Gasteiger partial charge in [-0.2, -0.15) is 0 Å². The molecule has 7 nitrogen and oxygen atoms in total. The zero-order valence-electron chi connectivity index (χ0n) is 10.2. The van der Waals surface area contributed by atoms with Crippen molar-refractivity contribution < 1.29 is 19.6 Å². The van der Waals surface area contributed by atoms with Crippen molar-refractivity contribution in [1.82, 2.24) is 0 Å². The number of carbonyl (C=O) groups excluding carboxylic acids is 1. The lowest BCUT2D eigenvalue weighted by Gasteiger charge is -2.08. The maximum Gasteiger partial charge on any atom is 0.331 e. The van der Waals surface area contributed by atoms with E-state index in [0.29, 0.717) is 5.56 Å². The van der Waals surface area contributed by atoms with E-state index in [1.54, 1.807) is 13.0 Å². The molecule has 0 aliphatic carbocycles. The van der Waals surface area contributed by atoms with Gasteiger partial charge in [-0.05, 0) is 12.5 Å². The Bertz CT molecular complexity index is 565. The SMILES string of the molecule is C=C(CC(=O)Nc1c(C)cccc1[N+](=O)[O-])C(=O)O. The van der Waals surface area contributed by atoms with Crippen LogP contribution in [0.4, 0.5) is 11.4 Å². The number of amides is 1. The van der Waals surface area contributed by atoms with E-state index in [1.165, 1.54) is 12.1 Å². The molecule has 1 aromatic rings. The summed E-state index contributed by atoms with van der Waals surface area (Å²) in [5.74, 6) is -1.95. The van der Waals surface area contributed by atoms with Gasteiger partial charge in [0.15, 0.2) is 0 Å². The first-order chi connectivity index (χ1) is 8.82. The minimum atomic E-state index is -1.28. The number of hydrogen-bond acceptors (Lipinski definition) is 4. The monoisotopic (exact) mass is 264 g/mol. The summed E-state index contributed by atoms with van der Waals surface area (Å²) >= 11 is 0. The Hall–Kier alpha value is -2.70. The second-order valence-corrected chi connectivity index (χ2v) is 3.86. The Balaban J connectivity index is 2.94. The molecule has 7 heteroatoms. The van der Waals surface area contributed by atoms with Gasteiger partial charge >= 0.3 is 5.97 Å². The predicted molar refractivity (Wildman–Crippen MR) is 67.9 cm³/mol. The molecule has 2 N–H and O–H groups in total. The van der Waals surface area contributed by atoms with Crippen molar-refractivity contribution in [2.75, 3.05) is 5.32 Å². The largest absolute Gasteiger partial charge is 0.478 e. The van der Waals surface area contributed by atoms with E-state index >= 15 is 0 Å². The summed E-state index contributed by atoms with van der Waals surface area (Å²) in [5, 5.41) is 21.8. The molecule has 0 radical (unpaired) electrons. The number of nitro groups is 1. The lowest BCUT2D eigenvalue weighted by molar-refractivity contribution is -0.384. The van der Waals surface area contributed by atoms with Crippen LogP contribution in [0.25, 0.3) is 0 Å². The number of benzene rings is 1. The number of nitrogens with one attached hydrogen (secondary N) is 1. The average molecular weight is 264 g/mol. The maximum atomic E-state index is 11.6. The van der Waals surface area contributed by atoms with Gasteiger partial charge in [0.2, 0.25) is 5.91 Å². The van der Waals surface area contributed by atoms with Crippen LogP contribution in [0.5, 0.6) is 0 Å². The molecule has 100 valence electrons. The predicted octanol–water partition coefficient (Wildman–Crippen LogP) is 1.87. The highest BCUT2D eigenvalue weighted by Crippen LogP contribution is 2.27. The number of aliphatic carboxylic acids is 1. The third kappa shape index (κ3) is 3.63. The number of carbonyl (C=O) groups is 2. The van der Waals surface area contributed by atoms with Crippen LogP contribution in [0, 0.1) is 17.0 Å². The molecule has 1 rings (SSSR count). The number of nitro benzene ring substituents is 1. The van der Waals surface area contributed by atoms with Gasteiger partial charge in [-0.15, -0.1) is 0 Å². The second-order valence-electron chi connectivity index (χ2n) is 3.86. The topological polar surface area (TPSA) is 110 Å². The normalized spacial score (nSPS) is 9.74. The molecular weight excluding hydrogens is 252 g/mol.